The first-order valence-corrected chi connectivity index (χ1v) is 8.52. The summed E-state index contributed by atoms with van der Waals surface area (Å²) in [5, 5.41) is 7.87. The van der Waals surface area contributed by atoms with Crippen LogP contribution in [0.1, 0.15) is 48.5 Å². The maximum atomic E-state index is 12.5. The topological polar surface area (TPSA) is 96.5 Å². The van der Waals surface area contributed by atoms with Crippen molar-refractivity contribution in [2.24, 2.45) is 0 Å². The highest BCUT2D eigenvalue weighted by molar-refractivity contribution is 6.07. The molecule has 4 amide bonds. The molecule has 3 atom stereocenters. The van der Waals surface area contributed by atoms with Crippen molar-refractivity contribution in [1.82, 2.24) is 16.0 Å². The van der Waals surface area contributed by atoms with E-state index in [1.165, 1.54) is 0 Å². The zero-order valence-corrected chi connectivity index (χ0v) is 14.4. The lowest BCUT2D eigenvalue weighted by molar-refractivity contribution is -0.123. The van der Waals surface area contributed by atoms with Gasteiger partial charge in [0, 0.05) is 12.7 Å². The van der Waals surface area contributed by atoms with Crippen LogP contribution in [0.5, 0.6) is 0 Å². The molecule has 1 aromatic carbocycles. The molecule has 134 valence electrons. The molecule has 1 aliphatic heterocycles. The van der Waals surface area contributed by atoms with Crippen LogP contribution >= 0.6 is 0 Å². The van der Waals surface area contributed by atoms with E-state index < -0.39 is 17.5 Å². The van der Waals surface area contributed by atoms with Gasteiger partial charge in [0.2, 0.25) is 0 Å². The smallest absolute Gasteiger partial charge is 0.322 e. The van der Waals surface area contributed by atoms with E-state index >= 15 is 0 Å². The highest BCUT2D eigenvalue weighted by Gasteiger charge is 2.43. The van der Waals surface area contributed by atoms with Crippen LogP contribution in [0, 0.1) is 0 Å². The number of methoxy groups -OCH3 is 1. The van der Waals surface area contributed by atoms with Crippen molar-refractivity contribution in [3.8, 4) is 0 Å². The van der Waals surface area contributed by atoms with Crippen LogP contribution in [0.25, 0.3) is 0 Å². The Balaban J connectivity index is 1.71. The summed E-state index contributed by atoms with van der Waals surface area (Å²) in [6, 6.07) is 6.21. The number of rotatable bonds is 4. The summed E-state index contributed by atoms with van der Waals surface area (Å²) in [5.41, 5.74) is 0.0219. The van der Waals surface area contributed by atoms with Gasteiger partial charge >= 0.3 is 6.03 Å². The fourth-order valence-electron chi connectivity index (χ4n) is 3.50. The molecule has 0 aromatic heterocycles. The Labute approximate surface area is 146 Å². The second kappa shape index (κ2) is 6.84. The van der Waals surface area contributed by atoms with Crippen molar-refractivity contribution in [3.05, 3.63) is 35.4 Å². The maximum Gasteiger partial charge on any atom is 0.322 e. The first-order valence-electron chi connectivity index (χ1n) is 8.52. The van der Waals surface area contributed by atoms with Crippen molar-refractivity contribution in [2.75, 3.05) is 7.11 Å². The van der Waals surface area contributed by atoms with E-state index in [1.807, 2.05) is 0 Å². The monoisotopic (exact) mass is 345 g/mol. The fraction of sp³-hybridized carbons (Fsp3) is 0.500. The molecule has 3 rings (SSSR count). The first-order chi connectivity index (χ1) is 11.9. The minimum atomic E-state index is -1.11. The Bertz CT molecular complexity index is 688. The lowest BCUT2D eigenvalue weighted by atomic mass is 9.91. The van der Waals surface area contributed by atoms with Gasteiger partial charge in [-0.3, -0.25) is 14.9 Å². The molecule has 2 fully saturated rings. The maximum absolute atomic E-state index is 12.5. The average molecular weight is 345 g/mol. The molecular formula is C18H23N3O4. The molecule has 0 spiro atoms. The van der Waals surface area contributed by atoms with E-state index in [0.29, 0.717) is 11.1 Å². The van der Waals surface area contributed by atoms with Gasteiger partial charge in [0.1, 0.15) is 5.54 Å². The first kappa shape index (κ1) is 17.4. The van der Waals surface area contributed by atoms with Gasteiger partial charge in [-0.1, -0.05) is 25.0 Å². The third-order valence-electron chi connectivity index (χ3n) is 5.09. The number of benzene rings is 1. The molecule has 1 saturated carbocycles. The Hall–Kier alpha value is -2.41. The molecular weight excluding hydrogens is 322 g/mol. The minimum absolute atomic E-state index is 0.0170. The van der Waals surface area contributed by atoms with E-state index in [4.69, 9.17) is 4.74 Å². The summed E-state index contributed by atoms with van der Waals surface area (Å²) in [4.78, 5) is 35.8. The highest BCUT2D eigenvalue weighted by atomic mass is 16.5. The molecule has 0 unspecified atom stereocenters. The van der Waals surface area contributed by atoms with E-state index in [-0.39, 0.29) is 18.1 Å². The molecule has 1 aliphatic carbocycles. The summed E-state index contributed by atoms with van der Waals surface area (Å²) in [7, 11) is 1.67. The molecule has 25 heavy (non-hydrogen) atoms. The summed E-state index contributed by atoms with van der Waals surface area (Å²) in [5.74, 6) is -0.564. The molecule has 3 N–H and O–H groups in total. The third-order valence-corrected chi connectivity index (χ3v) is 5.09. The van der Waals surface area contributed by atoms with Gasteiger partial charge in [-0.2, -0.15) is 0 Å². The number of carbonyl (C=O) groups is 3. The van der Waals surface area contributed by atoms with Gasteiger partial charge in [-0.05, 0) is 37.5 Å². The largest absolute Gasteiger partial charge is 0.379 e. The number of hydrogen-bond acceptors (Lipinski definition) is 4. The van der Waals surface area contributed by atoms with E-state index in [0.717, 1.165) is 25.7 Å². The van der Waals surface area contributed by atoms with Crippen LogP contribution in [0.4, 0.5) is 4.79 Å². The van der Waals surface area contributed by atoms with Crippen molar-refractivity contribution in [2.45, 2.75) is 50.3 Å². The number of imide groups is 1. The van der Waals surface area contributed by atoms with Gasteiger partial charge in [0.15, 0.2) is 0 Å². The molecule has 1 saturated heterocycles. The highest BCUT2D eigenvalue weighted by Crippen LogP contribution is 2.25. The van der Waals surface area contributed by atoms with Crippen molar-refractivity contribution in [3.63, 3.8) is 0 Å². The van der Waals surface area contributed by atoms with Gasteiger partial charge < -0.3 is 15.4 Å². The van der Waals surface area contributed by atoms with Crippen molar-refractivity contribution in [1.29, 1.82) is 0 Å². The predicted octanol–water partition coefficient (Wildman–Crippen LogP) is 1.43. The van der Waals surface area contributed by atoms with Crippen LogP contribution in [0.3, 0.4) is 0 Å². The quantitative estimate of drug-likeness (QED) is 0.719. The second-order valence-electron chi connectivity index (χ2n) is 6.75. The number of carbonyl (C=O) groups excluding carboxylic acids is 3. The Morgan fingerprint density at radius 2 is 1.88 bits per heavy atom. The molecule has 7 heteroatoms. The summed E-state index contributed by atoms with van der Waals surface area (Å²) in [6.45, 7) is 1.63. The molecule has 0 radical (unpaired) electrons. The third kappa shape index (κ3) is 3.37. The number of nitrogens with one attached hydrogen (secondary N) is 3. The average Bonchev–Trinajstić information content (AvgIpc) is 2.88. The van der Waals surface area contributed by atoms with Crippen molar-refractivity contribution < 1.29 is 19.1 Å². The van der Waals surface area contributed by atoms with Crippen LogP contribution in [0.15, 0.2) is 24.3 Å². The minimum Gasteiger partial charge on any atom is -0.379 e. The summed E-state index contributed by atoms with van der Waals surface area (Å²) < 4.78 is 5.46. The Morgan fingerprint density at radius 3 is 2.48 bits per heavy atom. The zero-order chi connectivity index (χ0) is 18.0. The number of urea groups is 1. The van der Waals surface area contributed by atoms with E-state index in [2.05, 4.69) is 16.0 Å². The van der Waals surface area contributed by atoms with Gasteiger partial charge in [-0.25, -0.2) is 4.79 Å². The fourth-order valence-corrected chi connectivity index (χ4v) is 3.50. The summed E-state index contributed by atoms with van der Waals surface area (Å²) in [6.07, 6.45) is 4.11. The molecule has 1 aromatic rings. The lowest BCUT2D eigenvalue weighted by Crippen LogP contribution is -2.46. The number of hydrogen-bond donors (Lipinski definition) is 3. The molecule has 0 bridgehead atoms. The standard InChI is InChI=1S/C18H23N3O4/c1-18(16(23)20-17(24)21-18)12-9-7-11(8-10-12)15(22)19-13-5-3-4-6-14(13)25-2/h7-10,13-14H,3-6H2,1-2H3,(H,19,22)(H2,20,21,23,24)/t13-,14-,18+/m1/s1. The Kier molecular flexibility index (Phi) is 4.76. The molecule has 7 nitrogen and oxygen atoms in total. The predicted molar refractivity (Wildman–Crippen MR) is 91.0 cm³/mol. The molecule has 2 aliphatic rings. The lowest BCUT2D eigenvalue weighted by Gasteiger charge is -2.31. The normalized spacial score (nSPS) is 29.0. The van der Waals surface area contributed by atoms with Gasteiger partial charge in [-0.15, -0.1) is 0 Å². The van der Waals surface area contributed by atoms with Crippen LogP contribution in [-0.4, -0.2) is 37.1 Å². The summed E-state index contributed by atoms with van der Waals surface area (Å²) >= 11 is 0. The second-order valence-corrected chi connectivity index (χ2v) is 6.75. The number of amides is 4. The molecule has 1 heterocycles. The van der Waals surface area contributed by atoms with E-state index in [1.54, 1.807) is 38.3 Å². The SMILES string of the molecule is CO[C@@H]1CCCC[C@H]1NC(=O)c1ccc([C@]2(C)NC(=O)NC2=O)cc1. The van der Waals surface area contributed by atoms with Crippen LogP contribution in [-0.2, 0) is 15.1 Å². The Morgan fingerprint density at radius 1 is 1.20 bits per heavy atom. The van der Waals surface area contributed by atoms with Crippen LogP contribution in [0.2, 0.25) is 0 Å². The van der Waals surface area contributed by atoms with Gasteiger partial charge in [0.05, 0.1) is 12.1 Å². The van der Waals surface area contributed by atoms with Crippen molar-refractivity contribution >= 4 is 17.8 Å². The van der Waals surface area contributed by atoms with Crippen LogP contribution < -0.4 is 16.0 Å². The number of ether oxygens (including phenoxy) is 1. The zero-order valence-electron chi connectivity index (χ0n) is 14.4. The van der Waals surface area contributed by atoms with Gasteiger partial charge in [0.25, 0.3) is 11.8 Å². The van der Waals surface area contributed by atoms with E-state index in [9.17, 15) is 14.4 Å².